The van der Waals surface area contributed by atoms with Crippen molar-refractivity contribution in [2.45, 2.75) is 32.7 Å². The number of benzene rings is 1. The molecule has 2 heterocycles. The highest BCUT2D eigenvalue weighted by atomic mass is 19.1. The third kappa shape index (κ3) is 1.88. The van der Waals surface area contributed by atoms with Gasteiger partial charge in [0.25, 0.3) is 0 Å². The van der Waals surface area contributed by atoms with Gasteiger partial charge in [0, 0.05) is 23.6 Å². The molecule has 1 unspecified atom stereocenters. The van der Waals surface area contributed by atoms with Crippen molar-refractivity contribution in [1.29, 1.82) is 0 Å². The number of aliphatic imine (C=N–C) groups is 1. The predicted octanol–water partition coefficient (Wildman–Crippen LogP) is 2.76. The molecule has 0 radical (unpaired) electrons. The minimum Gasteiger partial charge on any atom is -0.369 e. The van der Waals surface area contributed by atoms with E-state index >= 15 is 0 Å². The number of ketones is 1. The molecule has 20 heavy (non-hydrogen) atoms. The molecule has 2 aliphatic heterocycles. The lowest BCUT2D eigenvalue weighted by atomic mass is 9.94. The second kappa shape index (κ2) is 4.58. The summed E-state index contributed by atoms with van der Waals surface area (Å²) in [5, 5.41) is 0. The molecule has 0 bridgehead atoms. The Morgan fingerprint density at radius 2 is 2.25 bits per heavy atom. The molecule has 0 amide bonds. The number of nitrogens with zero attached hydrogens (tertiary/aromatic N) is 2. The van der Waals surface area contributed by atoms with Crippen LogP contribution in [0.1, 0.15) is 48.7 Å². The number of carbonyl (C=O) groups excluding carboxylic acids is 1. The van der Waals surface area contributed by atoms with Gasteiger partial charge in [0.15, 0.2) is 11.7 Å². The summed E-state index contributed by atoms with van der Waals surface area (Å²) >= 11 is 0. The molecule has 0 saturated carbocycles. The van der Waals surface area contributed by atoms with Crippen LogP contribution in [0.2, 0.25) is 0 Å². The van der Waals surface area contributed by atoms with Crippen LogP contribution in [0, 0.1) is 11.7 Å². The Morgan fingerprint density at radius 1 is 1.50 bits per heavy atom. The third-order valence-electron chi connectivity index (χ3n) is 4.03. The number of hydrogen-bond acceptors (Lipinski definition) is 4. The van der Waals surface area contributed by atoms with Crippen molar-refractivity contribution < 1.29 is 9.18 Å². The first-order valence-corrected chi connectivity index (χ1v) is 6.97. The Bertz CT molecular complexity index is 609. The Balaban J connectivity index is 2.13. The zero-order valence-corrected chi connectivity index (χ0v) is 11.7. The molecule has 0 aliphatic carbocycles. The number of halogens is 1. The molecule has 0 aromatic heterocycles. The van der Waals surface area contributed by atoms with Crippen LogP contribution < -0.4 is 5.73 Å². The molecule has 0 spiro atoms. The average Bonchev–Trinajstić information content (AvgIpc) is 2.89. The molecular weight excluding hydrogens is 257 g/mol. The first-order chi connectivity index (χ1) is 9.49. The van der Waals surface area contributed by atoms with E-state index in [4.69, 9.17) is 5.73 Å². The van der Waals surface area contributed by atoms with Crippen LogP contribution in [-0.4, -0.2) is 23.2 Å². The van der Waals surface area contributed by atoms with Gasteiger partial charge in [0.05, 0.1) is 6.04 Å². The fourth-order valence-electron chi connectivity index (χ4n) is 3.01. The number of nitrogens with two attached hydrogens (primary N) is 1. The van der Waals surface area contributed by atoms with Gasteiger partial charge in [-0.3, -0.25) is 4.79 Å². The molecular formula is C15H18FN3O. The highest BCUT2D eigenvalue weighted by Gasteiger charge is 2.34. The SMILES string of the molecule is CC(C)C(=O)c1cc(F)c2c(c1)C1CCCN1C(N)=N2. The Labute approximate surface area is 117 Å². The van der Waals surface area contributed by atoms with Crippen molar-refractivity contribution in [3.8, 4) is 0 Å². The summed E-state index contributed by atoms with van der Waals surface area (Å²) < 4.78 is 14.3. The Morgan fingerprint density at radius 3 is 2.95 bits per heavy atom. The van der Waals surface area contributed by atoms with E-state index < -0.39 is 5.82 Å². The van der Waals surface area contributed by atoms with Crippen molar-refractivity contribution in [1.82, 2.24) is 4.90 Å². The van der Waals surface area contributed by atoms with Gasteiger partial charge in [-0.1, -0.05) is 13.8 Å². The molecule has 3 rings (SSSR count). The van der Waals surface area contributed by atoms with E-state index in [9.17, 15) is 9.18 Å². The van der Waals surface area contributed by atoms with Crippen molar-refractivity contribution in [3.05, 3.63) is 29.1 Å². The quantitative estimate of drug-likeness (QED) is 0.844. The maximum atomic E-state index is 14.3. The van der Waals surface area contributed by atoms with Crippen LogP contribution >= 0.6 is 0 Å². The summed E-state index contributed by atoms with van der Waals surface area (Å²) in [6.45, 7) is 4.47. The minimum absolute atomic E-state index is 0.0428. The lowest BCUT2D eigenvalue weighted by molar-refractivity contribution is 0.0939. The first-order valence-electron chi connectivity index (χ1n) is 6.97. The molecule has 106 valence electrons. The van der Waals surface area contributed by atoms with E-state index in [1.54, 1.807) is 6.07 Å². The standard InChI is InChI=1S/C15H18FN3O/c1-8(2)14(20)9-6-10-12-4-3-5-19(12)15(17)18-13(10)11(16)7-9/h6-8,12H,3-5H2,1-2H3,(H2,17,18). The highest BCUT2D eigenvalue weighted by molar-refractivity contribution is 5.98. The van der Waals surface area contributed by atoms with Gasteiger partial charge < -0.3 is 10.6 Å². The summed E-state index contributed by atoms with van der Waals surface area (Å²) in [5.41, 5.74) is 7.41. The zero-order chi connectivity index (χ0) is 14.4. The fraction of sp³-hybridized carbons (Fsp3) is 0.467. The van der Waals surface area contributed by atoms with Gasteiger partial charge in [-0.2, -0.15) is 0 Å². The van der Waals surface area contributed by atoms with Gasteiger partial charge >= 0.3 is 0 Å². The lowest BCUT2D eigenvalue weighted by Crippen LogP contribution is -2.38. The fourth-order valence-corrected chi connectivity index (χ4v) is 3.01. The smallest absolute Gasteiger partial charge is 0.197 e. The van der Waals surface area contributed by atoms with Crippen LogP contribution in [0.5, 0.6) is 0 Å². The van der Waals surface area contributed by atoms with Gasteiger partial charge in [0.2, 0.25) is 0 Å². The predicted molar refractivity (Wildman–Crippen MR) is 75.5 cm³/mol. The summed E-state index contributed by atoms with van der Waals surface area (Å²) in [7, 11) is 0. The molecule has 1 atom stereocenters. The number of carbonyl (C=O) groups is 1. The van der Waals surface area contributed by atoms with Crippen LogP contribution in [0.15, 0.2) is 17.1 Å². The van der Waals surface area contributed by atoms with Crippen molar-refractivity contribution in [2.75, 3.05) is 6.54 Å². The number of Topliss-reactive ketones (excluding diaryl/α,β-unsaturated/α-hetero) is 1. The summed E-state index contributed by atoms with van der Waals surface area (Å²) in [4.78, 5) is 18.3. The maximum absolute atomic E-state index is 14.3. The van der Waals surface area contributed by atoms with E-state index in [1.165, 1.54) is 6.07 Å². The van der Waals surface area contributed by atoms with E-state index in [1.807, 2.05) is 18.7 Å². The molecule has 1 fully saturated rings. The van der Waals surface area contributed by atoms with E-state index in [0.717, 1.165) is 24.9 Å². The lowest BCUT2D eigenvalue weighted by Gasteiger charge is -2.31. The van der Waals surface area contributed by atoms with Crippen LogP contribution in [0.3, 0.4) is 0 Å². The van der Waals surface area contributed by atoms with Crippen LogP contribution in [-0.2, 0) is 0 Å². The summed E-state index contributed by atoms with van der Waals surface area (Å²) in [5.74, 6) is -0.272. The largest absolute Gasteiger partial charge is 0.369 e. The van der Waals surface area contributed by atoms with Gasteiger partial charge in [-0.25, -0.2) is 9.38 Å². The minimum atomic E-state index is -0.457. The molecule has 2 aliphatic rings. The molecule has 5 heteroatoms. The number of hydrogen-bond donors (Lipinski definition) is 1. The topological polar surface area (TPSA) is 58.7 Å². The van der Waals surface area contributed by atoms with Crippen molar-refractivity contribution >= 4 is 17.4 Å². The second-order valence-corrected chi connectivity index (χ2v) is 5.74. The monoisotopic (exact) mass is 275 g/mol. The van der Waals surface area contributed by atoms with Crippen molar-refractivity contribution in [3.63, 3.8) is 0 Å². The summed E-state index contributed by atoms with van der Waals surface area (Å²) in [6, 6.07) is 3.12. The van der Waals surface area contributed by atoms with Crippen LogP contribution in [0.4, 0.5) is 10.1 Å². The number of fused-ring (bicyclic) bond motifs is 3. The third-order valence-corrected chi connectivity index (χ3v) is 4.03. The van der Waals surface area contributed by atoms with E-state index in [0.29, 0.717) is 17.2 Å². The molecule has 2 N–H and O–H groups in total. The maximum Gasteiger partial charge on any atom is 0.197 e. The zero-order valence-electron chi connectivity index (χ0n) is 11.7. The second-order valence-electron chi connectivity index (χ2n) is 5.74. The molecule has 1 aromatic carbocycles. The summed E-state index contributed by atoms with van der Waals surface area (Å²) in [6.07, 6.45) is 1.92. The van der Waals surface area contributed by atoms with Crippen molar-refractivity contribution in [2.24, 2.45) is 16.6 Å². The van der Waals surface area contributed by atoms with E-state index in [-0.39, 0.29) is 17.7 Å². The normalized spacial score (nSPS) is 20.7. The number of rotatable bonds is 2. The Hall–Kier alpha value is -1.91. The van der Waals surface area contributed by atoms with Gasteiger partial charge in [-0.05, 0) is 25.0 Å². The van der Waals surface area contributed by atoms with Gasteiger partial charge in [0.1, 0.15) is 11.5 Å². The molecule has 1 saturated heterocycles. The van der Waals surface area contributed by atoms with E-state index in [2.05, 4.69) is 4.99 Å². The Kier molecular flexibility index (Phi) is 3.00. The van der Waals surface area contributed by atoms with Crippen LogP contribution in [0.25, 0.3) is 0 Å². The highest BCUT2D eigenvalue weighted by Crippen LogP contribution is 2.42. The van der Waals surface area contributed by atoms with Gasteiger partial charge in [-0.15, -0.1) is 0 Å². The number of guanidine groups is 1. The average molecular weight is 275 g/mol. The first kappa shape index (κ1) is 13.1. The molecule has 1 aromatic rings. The molecule has 4 nitrogen and oxygen atoms in total.